The fourth-order valence-electron chi connectivity index (χ4n) is 4.13. The third-order valence-electron chi connectivity index (χ3n) is 6.32. The first-order valence-corrected chi connectivity index (χ1v) is 10.7. The summed E-state index contributed by atoms with van der Waals surface area (Å²) in [7, 11) is 0. The van der Waals surface area contributed by atoms with Gasteiger partial charge in [0, 0.05) is 0 Å². The second kappa shape index (κ2) is 14.3. The fourth-order valence-corrected chi connectivity index (χ4v) is 4.13. The van der Waals surface area contributed by atoms with Crippen LogP contribution >= 0.6 is 0 Å². The summed E-state index contributed by atoms with van der Waals surface area (Å²) in [5.74, 6) is 1.43. The van der Waals surface area contributed by atoms with E-state index in [0.717, 1.165) is 22.4 Å². The number of nitrogens with one attached hydrogen (secondary N) is 1. The van der Waals surface area contributed by atoms with Gasteiger partial charge in [-0.3, -0.25) is 0 Å². The topological polar surface area (TPSA) is 23.8 Å². The van der Waals surface area contributed by atoms with Crippen molar-refractivity contribution < 1.29 is 51.0 Å². The van der Waals surface area contributed by atoms with Crippen LogP contribution in [0, 0.1) is 12.8 Å². The van der Waals surface area contributed by atoms with Crippen molar-refractivity contribution in [2.45, 2.75) is 67.2 Å². The molecule has 0 heterocycles. The number of hydrogen-bond donors (Lipinski definition) is 0. The van der Waals surface area contributed by atoms with Crippen LogP contribution in [0.25, 0.3) is 11.3 Å². The van der Waals surface area contributed by atoms with Gasteiger partial charge in [0.15, 0.2) is 0 Å². The molecular weight excluding hydrogens is 512 g/mol. The quantitative estimate of drug-likeness (QED) is 0.525. The van der Waals surface area contributed by atoms with Crippen molar-refractivity contribution in [2.75, 3.05) is 0 Å². The van der Waals surface area contributed by atoms with Crippen LogP contribution in [0.1, 0.15) is 89.5 Å². The molecule has 1 N–H and O–H groups in total. The average Bonchev–Trinajstić information content (AvgIpc) is 2.86. The van der Waals surface area contributed by atoms with Crippen LogP contribution < -0.4 is 24.8 Å². The number of allylic oxidation sites excluding steroid dienone is 4. The van der Waals surface area contributed by atoms with E-state index in [1.165, 1.54) is 27.9 Å². The molecule has 2 aromatic carbocycles. The van der Waals surface area contributed by atoms with Gasteiger partial charge < -0.3 is 30.5 Å². The molecule has 0 amide bonds. The van der Waals surface area contributed by atoms with Crippen LogP contribution in [-0.4, -0.2) is 0 Å². The predicted octanol–water partition coefficient (Wildman–Crippen LogP) is 3.25. The van der Waals surface area contributed by atoms with Crippen LogP contribution in [0.3, 0.4) is 0 Å². The Hall–Kier alpha value is -0.947. The maximum atomic E-state index is 8.01. The van der Waals surface area contributed by atoms with Crippen molar-refractivity contribution in [3.05, 3.63) is 94.1 Å². The van der Waals surface area contributed by atoms with Gasteiger partial charge in [-0.05, 0) is 44.1 Å². The Morgan fingerprint density at radius 3 is 1.62 bits per heavy atom. The van der Waals surface area contributed by atoms with Crippen molar-refractivity contribution in [1.82, 2.24) is 0 Å². The Morgan fingerprint density at radius 1 is 0.781 bits per heavy atom. The second-order valence-corrected chi connectivity index (χ2v) is 8.85. The van der Waals surface area contributed by atoms with E-state index in [4.69, 9.17) is 5.73 Å². The molecule has 1 aliphatic rings. The predicted molar refractivity (Wildman–Crippen MR) is 130 cm³/mol. The first-order valence-electron chi connectivity index (χ1n) is 10.7. The molecule has 1 unspecified atom stereocenters. The van der Waals surface area contributed by atoms with Crippen molar-refractivity contribution >= 4 is 11.3 Å². The minimum Gasteiger partial charge on any atom is -1.00 e. The number of hydrogen-bond acceptors (Lipinski definition) is 0. The Kier molecular flexibility index (Phi) is 14.9. The summed E-state index contributed by atoms with van der Waals surface area (Å²) in [6.45, 7) is 21.7. The van der Waals surface area contributed by atoms with Gasteiger partial charge in [-0.2, -0.15) is 18.6 Å². The summed E-state index contributed by atoms with van der Waals surface area (Å²) >= 11 is 0. The molecule has 0 saturated carbocycles. The molecule has 1 nitrogen and oxygen atoms in total. The fraction of sp³-hybridized carbons (Fsp3) is 0.393. The zero-order valence-electron chi connectivity index (χ0n) is 20.7. The SMILES string of the molecule is CC(C)c1cccc(C(C)C)c1[NH-].[CH2-]c1ccccc1C1=C(C)C(C)=C(C)C1C.[Cl-].[Cl-].[Zr+2]. The monoisotopic (exact) mass is 547 g/mol. The minimum atomic E-state index is 0. The number of halogens is 2. The molecule has 0 bridgehead atoms. The Balaban J connectivity index is 0. The zero-order chi connectivity index (χ0) is 21.9. The Labute approximate surface area is 228 Å². The number of benzene rings is 2. The summed E-state index contributed by atoms with van der Waals surface area (Å²) < 4.78 is 0. The Bertz CT molecular complexity index is 916. The van der Waals surface area contributed by atoms with Gasteiger partial charge in [-0.1, -0.05) is 86.7 Å². The summed E-state index contributed by atoms with van der Waals surface area (Å²) in [6, 6.07) is 14.6. The summed E-state index contributed by atoms with van der Waals surface area (Å²) in [4.78, 5) is 0. The Morgan fingerprint density at radius 2 is 1.25 bits per heavy atom. The van der Waals surface area contributed by atoms with Crippen LogP contribution in [0.4, 0.5) is 5.69 Å². The van der Waals surface area contributed by atoms with Gasteiger partial charge in [0.05, 0.1) is 0 Å². The first kappa shape index (κ1) is 33.2. The molecule has 1 aliphatic carbocycles. The van der Waals surface area contributed by atoms with Crippen LogP contribution in [0.5, 0.6) is 0 Å². The standard InChI is InChI=1S/C16H19.C12H18N.2ClH.Zr/c1-10-8-6-7-9-15(10)16-13(4)11(2)12(3)14(16)5;1-8(2)10-6-5-7-11(9(3)4)12(10)13;;;/h6-9,13H,1H2,2-5H3;5-9,13H,1-4H3;2*1H;/q2*-1;;;+2/p-2. The van der Waals surface area contributed by atoms with Crippen molar-refractivity contribution in [2.24, 2.45) is 5.92 Å². The summed E-state index contributed by atoms with van der Waals surface area (Å²) in [5, 5.41) is 0. The van der Waals surface area contributed by atoms with Crippen molar-refractivity contribution in [3.8, 4) is 0 Å². The maximum Gasteiger partial charge on any atom is 2.00 e. The van der Waals surface area contributed by atoms with E-state index in [1.54, 1.807) is 0 Å². The van der Waals surface area contributed by atoms with Gasteiger partial charge in [0.25, 0.3) is 0 Å². The van der Waals surface area contributed by atoms with Gasteiger partial charge in [0.1, 0.15) is 0 Å². The molecule has 0 saturated heterocycles. The van der Waals surface area contributed by atoms with Gasteiger partial charge >= 0.3 is 26.2 Å². The van der Waals surface area contributed by atoms with E-state index in [0.29, 0.717) is 17.8 Å². The van der Waals surface area contributed by atoms with E-state index < -0.39 is 0 Å². The largest absolute Gasteiger partial charge is 2.00 e. The minimum absolute atomic E-state index is 0. The molecule has 0 spiro atoms. The molecule has 174 valence electrons. The molecular formula is C28H37Cl2NZr-2. The molecule has 0 fully saturated rings. The van der Waals surface area contributed by atoms with Crippen LogP contribution in [0.15, 0.2) is 59.2 Å². The summed E-state index contributed by atoms with van der Waals surface area (Å²) in [5.41, 5.74) is 19.3. The van der Waals surface area contributed by atoms with Crippen LogP contribution in [0.2, 0.25) is 0 Å². The molecule has 0 aliphatic heterocycles. The van der Waals surface area contributed by atoms with E-state index in [-0.39, 0.29) is 51.0 Å². The number of rotatable bonds is 3. The molecule has 4 heteroatoms. The zero-order valence-corrected chi connectivity index (χ0v) is 24.7. The third kappa shape index (κ3) is 7.28. The van der Waals surface area contributed by atoms with Gasteiger partial charge in [0.2, 0.25) is 0 Å². The smallest absolute Gasteiger partial charge is 1.00 e. The first-order chi connectivity index (χ1) is 13.6. The average molecular weight is 550 g/mol. The van der Waals surface area contributed by atoms with E-state index in [1.807, 2.05) is 0 Å². The molecule has 0 radical (unpaired) electrons. The third-order valence-corrected chi connectivity index (χ3v) is 6.32. The van der Waals surface area contributed by atoms with Crippen molar-refractivity contribution in [1.29, 1.82) is 0 Å². The van der Waals surface area contributed by atoms with E-state index in [9.17, 15) is 0 Å². The molecule has 32 heavy (non-hydrogen) atoms. The van der Waals surface area contributed by atoms with Crippen molar-refractivity contribution in [3.63, 3.8) is 0 Å². The second-order valence-electron chi connectivity index (χ2n) is 8.85. The normalized spacial score (nSPS) is 15.0. The van der Waals surface area contributed by atoms with Gasteiger partial charge in [-0.25, -0.2) is 0 Å². The molecule has 0 aromatic heterocycles. The van der Waals surface area contributed by atoms with Crippen LogP contribution in [-0.2, 0) is 26.2 Å². The summed E-state index contributed by atoms with van der Waals surface area (Å²) in [6.07, 6.45) is 0. The maximum absolute atomic E-state index is 8.01. The van der Waals surface area contributed by atoms with E-state index >= 15 is 0 Å². The molecule has 1 atom stereocenters. The molecule has 3 rings (SSSR count). The van der Waals surface area contributed by atoms with E-state index in [2.05, 4.69) is 105 Å². The molecule has 2 aromatic rings. The van der Waals surface area contributed by atoms with Gasteiger partial charge in [-0.15, -0.1) is 23.4 Å².